The molecule has 182 valence electrons. The van der Waals surface area contributed by atoms with Crippen LogP contribution in [0.2, 0.25) is 0 Å². The molecule has 1 heterocycles. The lowest BCUT2D eigenvalue weighted by Gasteiger charge is -2.12. The molecule has 1 aliphatic heterocycles. The standard InChI is InChI=1S/C29H27N3O3S/c1-5-32-28(33)27(36-29(32)31-24-12-10-19(2)20(3)14-24)16-21-11-13-25(26(15-21)34-4)35-18-23-9-7-6-8-22(23)17-30/h6-16H,5,18H2,1-4H3/b27-16+,31-29?. The largest absolute Gasteiger partial charge is 0.493 e. The fourth-order valence-electron chi connectivity index (χ4n) is 3.73. The maximum Gasteiger partial charge on any atom is 0.266 e. The zero-order valence-corrected chi connectivity index (χ0v) is 21.6. The van der Waals surface area contributed by atoms with E-state index in [-0.39, 0.29) is 12.5 Å². The van der Waals surface area contributed by atoms with E-state index in [0.717, 1.165) is 22.4 Å². The van der Waals surface area contributed by atoms with Crippen LogP contribution in [-0.2, 0) is 11.4 Å². The molecule has 0 aliphatic carbocycles. The van der Waals surface area contributed by atoms with Gasteiger partial charge in [0.1, 0.15) is 6.61 Å². The highest BCUT2D eigenvalue weighted by Crippen LogP contribution is 2.36. The lowest BCUT2D eigenvalue weighted by Crippen LogP contribution is -2.28. The normalized spacial score (nSPS) is 15.4. The Hall–Kier alpha value is -4.02. The number of methoxy groups -OCH3 is 1. The van der Waals surface area contributed by atoms with Gasteiger partial charge in [-0.1, -0.05) is 30.3 Å². The van der Waals surface area contributed by atoms with E-state index >= 15 is 0 Å². The van der Waals surface area contributed by atoms with E-state index in [9.17, 15) is 10.1 Å². The van der Waals surface area contributed by atoms with Crippen LogP contribution in [0.1, 0.15) is 34.7 Å². The van der Waals surface area contributed by atoms with E-state index in [4.69, 9.17) is 14.5 Å². The second-order valence-corrected chi connectivity index (χ2v) is 9.30. The van der Waals surface area contributed by atoms with Crippen LogP contribution in [0.4, 0.5) is 5.69 Å². The lowest BCUT2D eigenvalue weighted by atomic mass is 10.1. The fraction of sp³-hybridized carbons (Fsp3) is 0.207. The van der Waals surface area contributed by atoms with Crippen molar-refractivity contribution in [1.29, 1.82) is 5.26 Å². The van der Waals surface area contributed by atoms with Gasteiger partial charge in [0.15, 0.2) is 16.7 Å². The first-order valence-corrected chi connectivity index (χ1v) is 12.4. The molecule has 0 saturated carbocycles. The number of rotatable bonds is 7. The van der Waals surface area contributed by atoms with Crippen LogP contribution in [0.5, 0.6) is 11.5 Å². The summed E-state index contributed by atoms with van der Waals surface area (Å²) in [6.07, 6.45) is 1.84. The number of nitrogens with zero attached hydrogens (tertiary/aromatic N) is 3. The van der Waals surface area contributed by atoms with Gasteiger partial charge >= 0.3 is 0 Å². The molecule has 0 aromatic heterocycles. The highest BCUT2D eigenvalue weighted by atomic mass is 32.2. The van der Waals surface area contributed by atoms with E-state index in [1.54, 1.807) is 18.1 Å². The number of likely N-dealkylation sites (N-methyl/N-ethyl adjacent to an activating group) is 1. The first-order chi connectivity index (χ1) is 17.4. The van der Waals surface area contributed by atoms with Gasteiger partial charge in [0.05, 0.1) is 29.3 Å². The Labute approximate surface area is 215 Å². The molecule has 0 radical (unpaired) electrons. The Morgan fingerprint density at radius 1 is 1.06 bits per heavy atom. The highest BCUT2D eigenvalue weighted by Gasteiger charge is 2.32. The fourth-order valence-corrected chi connectivity index (χ4v) is 4.79. The van der Waals surface area contributed by atoms with E-state index in [0.29, 0.717) is 33.7 Å². The number of nitriles is 1. The lowest BCUT2D eigenvalue weighted by molar-refractivity contribution is -0.122. The van der Waals surface area contributed by atoms with Crippen LogP contribution in [0.15, 0.2) is 70.6 Å². The van der Waals surface area contributed by atoms with E-state index in [1.165, 1.54) is 17.3 Å². The average molecular weight is 498 g/mol. The van der Waals surface area contributed by atoms with Crippen molar-refractivity contribution >= 4 is 34.6 Å². The summed E-state index contributed by atoms with van der Waals surface area (Å²) in [6, 6.07) is 21.1. The van der Waals surface area contributed by atoms with Gasteiger partial charge in [-0.05, 0) is 85.6 Å². The molecule has 6 nitrogen and oxygen atoms in total. The second kappa shape index (κ2) is 11.1. The number of aryl methyl sites for hydroxylation is 2. The number of amidine groups is 1. The summed E-state index contributed by atoms with van der Waals surface area (Å²) in [5.41, 5.74) is 5.39. The van der Waals surface area contributed by atoms with Crippen LogP contribution in [0, 0.1) is 25.2 Å². The number of thioether (sulfide) groups is 1. The maximum atomic E-state index is 13.1. The number of benzene rings is 3. The number of hydrogen-bond donors (Lipinski definition) is 0. The summed E-state index contributed by atoms with van der Waals surface area (Å²) in [6.45, 7) is 6.84. The molecule has 0 bridgehead atoms. The summed E-state index contributed by atoms with van der Waals surface area (Å²) in [5, 5.41) is 9.96. The molecule has 7 heteroatoms. The smallest absolute Gasteiger partial charge is 0.266 e. The van der Waals surface area contributed by atoms with Crippen molar-refractivity contribution in [1.82, 2.24) is 4.90 Å². The summed E-state index contributed by atoms with van der Waals surface area (Å²) in [7, 11) is 1.57. The Bertz CT molecular complexity index is 1410. The van der Waals surface area contributed by atoms with E-state index in [2.05, 4.69) is 19.9 Å². The summed E-state index contributed by atoms with van der Waals surface area (Å²) in [4.78, 5) is 20.1. The maximum absolute atomic E-state index is 13.1. The van der Waals surface area contributed by atoms with Crippen molar-refractivity contribution in [3.63, 3.8) is 0 Å². The zero-order valence-electron chi connectivity index (χ0n) is 20.7. The highest BCUT2D eigenvalue weighted by molar-refractivity contribution is 8.18. The molecule has 1 saturated heterocycles. The van der Waals surface area contributed by atoms with Gasteiger partial charge in [-0.3, -0.25) is 9.69 Å². The first kappa shape index (κ1) is 25.1. The number of aliphatic imine (C=N–C) groups is 1. The zero-order chi connectivity index (χ0) is 25.7. The Balaban J connectivity index is 1.56. The third-order valence-corrected chi connectivity index (χ3v) is 6.93. The molecule has 4 rings (SSSR count). The monoisotopic (exact) mass is 497 g/mol. The van der Waals surface area contributed by atoms with Crippen LogP contribution in [-0.4, -0.2) is 29.6 Å². The minimum Gasteiger partial charge on any atom is -0.493 e. The van der Waals surface area contributed by atoms with Crippen LogP contribution in [0.25, 0.3) is 6.08 Å². The molecule has 1 aliphatic rings. The van der Waals surface area contributed by atoms with E-state index in [1.807, 2.05) is 67.6 Å². The minimum atomic E-state index is -0.0718. The predicted molar refractivity (Wildman–Crippen MR) is 144 cm³/mol. The number of hydrogen-bond acceptors (Lipinski definition) is 6. The molecule has 0 spiro atoms. The van der Waals surface area contributed by atoms with Gasteiger partial charge in [-0.2, -0.15) is 5.26 Å². The van der Waals surface area contributed by atoms with Crippen molar-refractivity contribution in [2.24, 2.45) is 4.99 Å². The van der Waals surface area contributed by atoms with Gasteiger partial charge in [-0.25, -0.2) is 4.99 Å². The molecular formula is C29H27N3O3S. The third-order valence-electron chi connectivity index (χ3n) is 5.93. The SMILES string of the molecule is CCN1C(=O)/C(=C\c2ccc(OCc3ccccc3C#N)c(OC)c2)SC1=Nc1ccc(C)c(C)c1. The van der Waals surface area contributed by atoms with Crippen molar-refractivity contribution in [3.05, 3.63) is 93.4 Å². The quantitative estimate of drug-likeness (QED) is 0.354. The van der Waals surface area contributed by atoms with Gasteiger partial charge < -0.3 is 9.47 Å². The second-order valence-electron chi connectivity index (χ2n) is 8.29. The third kappa shape index (κ3) is 5.45. The predicted octanol–water partition coefficient (Wildman–Crippen LogP) is 6.39. The van der Waals surface area contributed by atoms with Gasteiger partial charge in [0.2, 0.25) is 0 Å². The van der Waals surface area contributed by atoms with Gasteiger partial charge in [-0.15, -0.1) is 0 Å². The molecule has 1 fully saturated rings. The van der Waals surface area contributed by atoms with Crippen molar-refractivity contribution in [2.75, 3.05) is 13.7 Å². The number of amides is 1. The molecule has 3 aromatic carbocycles. The molecule has 0 unspecified atom stereocenters. The average Bonchev–Trinajstić information content (AvgIpc) is 3.18. The van der Waals surface area contributed by atoms with Crippen LogP contribution < -0.4 is 9.47 Å². The summed E-state index contributed by atoms with van der Waals surface area (Å²) in [5.74, 6) is 1.04. The molecule has 0 atom stereocenters. The molecule has 0 N–H and O–H groups in total. The Kier molecular flexibility index (Phi) is 7.77. The molecule has 3 aromatic rings. The summed E-state index contributed by atoms with van der Waals surface area (Å²) >= 11 is 1.37. The first-order valence-electron chi connectivity index (χ1n) is 11.6. The molecule has 36 heavy (non-hydrogen) atoms. The molecular weight excluding hydrogens is 470 g/mol. The van der Waals surface area contributed by atoms with Crippen molar-refractivity contribution in [2.45, 2.75) is 27.4 Å². The van der Waals surface area contributed by atoms with Crippen molar-refractivity contribution in [3.8, 4) is 17.6 Å². The van der Waals surface area contributed by atoms with Gasteiger partial charge in [0, 0.05) is 12.1 Å². The van der Waals surface area contributed by atoms with Gasteiger partial charge in [0.25, 0.3) is 5.91 Å². The summed E-state index contributed by atoms with van der Waals surface area (Å²) < 4.78 is 11.5. The van der Waals surface area contributed by atoms with Crippen LogP contribution in [0.3, 0.4) is 0 Å². The minimum absolute atomic E-state index is 0.0718. The number of ether oxygens (including phenoxy) is 2. The van der Waals surface area contributed by atoms with Crippen molar-refractivity contribution < 1.29 is 14.3 Å². The Morgan fingerprint density at radius 2 is 1.86 bits per heavy atom. The number of carbonyl (C=O) groups excluding carboxylic acids is 1. The van der Waals surface area contributed by atoms with E-state index < -0.39 is 0 Å². The van der Waals surface area contributed by atoms with Crippen LogP contribution >= 0.6 is 11.8 Å². The number of carbonyl (C=O) groups is 1. The molecule has 1 amide bonds. The topological polar surface area (TPSA) is 74.9 Å². The Morgan fingerprint density at radius 3 is 2.58 bits per heavy atom.